The summed E-state index contributed by atoms with van der Waals surface area (Å²) in [6.45, 7) is 3.82. The first-order chi connectivity index (χ1) is 10.7. The maximum absolute atomic E-state index is 13.5. The molecule has 0 atom stereocenters. The van der Waals surface area contributed by atoms with E-state index in [9.17, 15) is 26.7 Å². The van der Waals surface area contributed by atoms with E-state index in [1.54, 1.807) is 0 Å². The molecule has 23 heavy (non-hydrogen) atoms. The average molecular weight is 350 g/mol. The van der Waals surface area contributed by atoms with E-state index in [0.29, 0.717) is 0 Å². The van der Waals surface area contributed by atoms with Gasteiger partial charge in [0.1, 0.15) is 0 Å². The van der Waals surface area contributed by atoms with E-state index in [1.807, 2.05) is 13.8 Å². The molecule has 1 amide bonds. The normalized spacial score (nSPS) is 11.1. The molecule has 0 saturated carbocycles. The van der Waals surface area contributed by atoms with Gasteiger partial charge in [0.05, 0.1) is 6.42 Å². The van der Waals surface area contributed by atoms with Gasteiger partial charge in [-0.05, 0) is 5.92 Å². The molecule has 0 saturated heterocycles. The molecule has 0 aliphatic heterocycles. The maximum atomic E-state index is 13.5. The molecule has 2 rings (SSSR count). The van der Waals surface area contributed by atoms with Gasteiger partial charge in [0.15, 0.2) is 28.4 Å². The van der Waals surface area contributed by atoms with Crippen LogP contribution in [0, 0.1) is 29.1 Å². The molecule has 1 aromatic heterocycles. The molecular formula is C14H11F5N2OS. The third kappa shape index (κ3) is 3.49. The fraction of sp³-hybridized carbons (Fsp3) is 0.286. The summed E-state index contributed by atoms with van der Waals surface area (Å²) in [5, 5.41) is 2.45. The summed E-state index contributed by atoms with van der Waals surface area (Å²) in [6, 6.07) is 0. The molecule has 0 spiro atoms. The highest BCUT2D eigenvalue weighted by atomic mass is 32.1. The van der Waals surface area contributed by atoms with Crippen LogP contribution in [0.5, 0.6) is 0 Å². The van der Waals surface area contributed by atoms with Crippen molar-refractivity contribution >= 4 is 22.4 Å². The van der Waals surface area contributed by atoms with Crippen LogP contribution in [0.15, 0.2) is 6.20 Å². The lowest BCUT2D eigenvalue weighted by Gasteiger charge is -2.07. The minimum Gasteiger partial charge on any atom is -0.302 e. The number of hydrogen-bond acceptors (Lipinski definition) is 3. The van der Waals surface area contributed by atoms with Crippen molar-refractivity contribution in [3.63, 3.8) is 0 Å². The predicted octanol–water partition coefficient (Wildman–Crippen LogP) is 4.14. The van der Waals surface area contributed by atoms with Crippen molar-refractivity contribution in [2.75, 3.05) is 5.32 Å². The van der Waals surface area contributed by atoms with E-state index in [0.717, 1.165) is 16.2 Å². The van der Waals surface area contributed by atoms with Gasteiger partial charge in [-0.1, -0.05) is 13.8 Å². The average Bonchev–Trinajstić information content (AvgIpc) is 2.96. The number of halogens is 5. The van der Waals surface area contributed by atoms with Crippen molar-refractivity contribution in [1.29, 1.82) is 0 Å². The highest BCUT2D eigenvalue weighted by Crippen LogP contribution is 2.26. The van der Waals surface area contributed by atoms with Crippen molar-refractivity contribution in [1.82, 2.24) is 4.98 Å². The first kappa shape index (κ1) is 17.3. The van der Waals surface area contributed by atoms with Gasteiger partial charge in [-0.15, -0.1) is 11.3 Å². The molecule has 0 fully saturated rings. The molecule has 0 aliphatic rings. The molecule has 1 N–H and O–H groups in total. The van der Waals surface area contributed by atoms with E-state index in [4.69, 9.17) is 0 Å². The number of thiazole rings is 1. The largest absolute Gasteiger partial charge is 0.302 e. The van der Waals surface area contributed by atoms with Crippen molar-refractivity contribution in [3.8, 4) is 0 Å². The molecule has 0 unspecified atom stereocenters. The van der Waals surface area contributed by atoms with E-state index in [2.05, 4.69) is 10.3 Å². The van der Waals surface area contributed by atoms with Crippen LogP contribution >= 0.6 is 11.3 Å². The second-order valence-corrected chi connectivity index (χ2v) is 6.06. The second kappa shape index (κ2) is 6.61. The van der Waals surface area contributed by atoms with Crippen LogP contribution in [-0.2, 0) is 11.2 Å². The lowest BCUT2D eigenvalue weighted by molar-refractivity contribution is -0.115. The number of nitrogens with one attached hydrogen (secondary N) is 1. The zero-order valence-electron chi connectivity index (χ0n) is 12.0. The summed E-state index contributed by atoms with van der Waals surface area (Å²) in [5.74, 6) is -11.2. The third-order valence-corrected chi connectivity index (χ3v) is 4.19. The summed E-state index contributed by atoms with van der Waals surface area (Å²) in [7, 11) is 0. The number of hydrogen-bond donors (Lipinski definition) is 1. The van der Waals surface area contributed by atoms with Crippen LogP contribution in [0.4, 0.5) is 27.1 Å². The van der Waals surface area contributed by atoms with Crippen molar-refractivity contribution < 1.29 is 26.7 Å². The standard InChI is InChI=1S/C14H11F5N2OS/c1-5(2)7-4-20-14(23-7)21-8(22)3-6-9(15)11(17)13(19)12(18)10(6)16/h4-5H,3H2,1-2H3,(H,20,21,22). The van der Waals surface area contributed by atoms with Crippen molar-refractivity contribution in [2.24, 2.45) is 0 Å². The number of nitrogens with zero attached hydrogens (tertiary/aromatic N) is 1. The fourth-order valence-electron chi connectivity index (χ4n) is 1.74. The van der Waals surface area contributed by atoms with Crippen molar-refractivity contribution in [2.45, 2.75) is 26.2 Å². The van der Waals surface area contributed by atoms with Crippen LogP contribution in [0.1, 0.15) is 30.2 Å². The first-order valence-corrected chi connectivity index (χ1v) is 7.29. The van der Waals surface area contributed by atoms with Gasteiger partial charge in [0, 0.05) is 16.6 Å². The maximum Gasteiger partial charge on any atom is 0.230 e. The van der Waals surface area contributed by atoms with Crippen LogP contribution in [-0.4, -0.2) is 10.9 Å². The number of amides is 1. The van der Waals surface area contributed by atoms with Crippen LogP contribution in [0.25, 0.3) is 0 Å². The SMILES string of the molecule is CC(C)c1cnc(NC(=O)Cc2c(F)c(F)c(F)c(F)c2F)s1. The number of rotatable bonds is 4. The lowest BCUT2D eigenvalue weighted by Crippen LogP contribution is -2.18. The van der Waals surface area contributed by atoms with E-state index in [-0.39, 0.29) is 11.0 Å². The molecule has 2 aromatic rings. The number of aromatic nitrogens is 1. The van der Waals surface area contributed by atoms with E-state index < -0.39 is 47.0 Å². The number of anilines is 1. The van der Waals surface area contributed by atoms with Crippen LogP contribution < -0.4 is 5.32 Å². The minimum absolute atomic E-state index is 0.174. The lowest BCUT2D eigenvalue weighted by atomic mass is 10.1. The number of carbonyl (C=O) groups is 1. The molecule has 124 valence electrons. The Morgan fingerprint density at radius 3 is 2.09 bits per heavy atom. The number of benzene rings is 1. The Kier molecular flexibility index (Phi) is 4.98. The molecule has 0 radical (unpaired) electrons. The minimum atomic E-state index is -2.26. The predicted molar refractivity (Wildman–Crippen MR) is 74.8 cm³/mol. The first-order valence-electron chi connectivity index (χ1n) is 6.48. The summed E-state index contributed by atoms with van der Waals surface area (Å²) in [5.41, 5.74) is -1.18. The smallest absolute Gasteiger partial charge is 0.230 e. The van der Waals surface area contributed by atoms with Crippen LogP contribution in [0.3, 0.4) is 0 Å². The number of carbonyl (C=O) groups excluding carboxylic acids is 1. The van der Waals surface area contributed by atoms with Crippen molar-refractivity contribution in [3.05, 3.63) is 45.7 Å². The van der Waals surface area contributed by atoms with Crippen LogP contribution in [0.2, 0.25) is 0 Å². The molecule has 0 aliphatic carbocycles. The van der Waals surface area contributed by atoms with Gasteiger partial charge in [-0.3, -0.25) is 4.79 Å². The van der Waals surface area contributed by atoms with Gasteiger partial charge in [-0.25, -0.2) is 26.9 Å². The zero-order valence-corrected chi connectivity index (χ0v) is 12.8. The Labute approximate surface area is 132 Å². The highest BCUT2D eigenvalue weighted by Gasteiger charge is 2.27. The van der Waals surface area contributed by atoms with Gasteiger partial charge in [0.2, 0.25) is 11.7 Å². The molecule has 0 bridgehead atoms. The van der Waals surface area contributed by atoms with E-state index >= 15 is 0 Å². The third-order valence-electron chi connectivity index (χ3n) is 2.98. The molecule has 3 nitrogen and oxygen atoms in total. The van der Waals surface area contributed by atoms with E-state index in [1.165, 1.54) is 6.20 Å². The Hall–Kier alpha value is -2.03. The fourth-order valence-corrected chi connectivity index (χ4v) is 2.58. The monoisotopic (exact) mass is 350 g/mol. The Balaban J connectivity index is 2.20. The quantitative estimate of drug-likeness (QED) is 0.511. The zero-order chi connectivity index (χ0) is 17.3. The van der Waals surface area contributed by atoms with Gasteiger partial charge in [-0.2, -0.15) is 0 Å². The Morgan fingerprint density at radius 1 is 1.09 bits per heavy atom. The molecule has 1 heterocycles. The Morgan fingerprint density at radius 2 is 1.61 bits per heavy atom. The summed E-state index contributed by atoms with van der Waals surface area (Å²) < 4.78 is 66.1. The summed E-state index contributed by atoms with van der Waals surface area (Å²) in [4.78, 5) is 16.5. The molecule has 1 aromatic carbocycles. The highest BCUT2D eigenvalue weighted by molar-refractivity contribution is 7.15. The van der Waals surface area contributed by atoms with Gasteiger partial charge < -0.3 is 5.32 Å². The molecular weight excluding hydrogens is 339 g/mol. The van der Waals surface area contributed by atoms with Gasteiger partial charge in [0.25, 0.3) is 0 Å². The topological polar surface area (TPSA) is 42.0 Å². The molecule has 9 heteroatoms. The summed E-state index contributed by atoms with van der Waals surface area (Å²) in [6.07, 6.45) is 0.533. The van der Waals surface area contributed by atoms with Gasteiger partial charge >= 0.3 is 0 Å². The summed E-state index contributed by atoms with van der Waals surface area (Å²) >= 11 is 1.16. The second-order valence-electron chi connectivity index (χ2n) is 5.00. The Bertz CT molecular complexity index is 731.